The van der Waals surface area contributed by atoms with Gasteiger partial charge in [-0.3, -0.25) is 4.79 Å². The van der Waals surface area contributed by atoms with Gasteiger partial charge in [0, 0.05) is 11.6 Å². The molecule has 0 saturated heterocycles. The van der Waals surface area contributed by atoms with Crippen molar-refractivity contribution in [2.24, 2.45) is 0 Å². The number of carbonyl (C=O) groups excluding carboxylic acids is 1. The molecule has 20 heavy (non-hydrogen) atoms. The number of benzene rings is 2. The van der Waals surface area contributed by atoms with Crippen molar-refractivity contribution in [3.8, 4) is 5.75 Å². The first-order valence-electron chi connectivity index (χ1n) is 5.64. The van der Waals surface area contributed by atoms with Gasteiger partial charge in [0.05, 0.1) is 10.7 Å². The first kappa shape index (κ1) is 14.3. The zero-order chi connectivity index (χ0) is 14.9. The largest absolute Gasteiger partial charge is 0.508 e. The molecule has 0 atom stereocenters. The van der Waals surface area contributed by atoms with Crippen molar-refractivity contribution >= 4 is 23.2 Å². The summed E-state index contributed by atoms with van der Waals surface area (Å²) >= 11 is 5.68. The number of aromatic hydroxyl groups is 1. The third-order valence-corrected chi connectivity index (χ3v) is 3.01. The van der Waals surface area contributed by atoms with Crippen molar-refractivity contribution in [1.82, 2.24) is 0 Å². The van der Waals surface area contributed by atoms with Crippen molar-refractivity contribution in [3.05, 3.63) is 58.1 Å². The molecule has 0 fully saturated rings. The van der Waals surface area contributed by atoms with Crippen LogP contribution in [0, 0.1) is 18.6 Å². The number of rotatable bonds is 2. The molecule has 0 heterocycles. The van der Waals surface area contributed by atoms with E-state index in [2.05, 4.69) is 5.32 Å². The van der Waals surface area contributed by atoms with Crippen molar-refractivity contribution in [2.45, 2.75) is 6.92 Å². The molecule has 0 aliphatic rings. The van der Waals surface area contributed by atoms with Crippen molar-refractivity contribution in [3.63, 3.8) is 0 Å². The van der Waals surface area contributed by atoms with Crippen LogP contribution in [0.25, 0.3) is 0 Å². The second-order valence-corrected chi connectivity index (χ2v) is 4.61. The molecule has 0 aromatic heterocycles. The van der Waals surface area contributed by atoms with E-state index in [-0.39, 0.29) is 22.0 Å². The van der Waals surface area contributed by atoms with Crippen LogP contribution in [0.5, 0.6) is 5.75 Å². The summed E-state index contributed by atoms with van der Waals surface area (Å²) in [7, 11) is 0. The van der Waals surface area contributed by atoms with E-state index in [1.807, 2.05) is 0 Å². The number of phenolic OH excluding ortho intramolecular Hbond substituents is 1. The van der Waals surface area contributed by atoms with E-state index in [1.165, 1.54) is 12.1 Å². The van der Waals surface area contributed by atoms with Gasteiger partial charge < -0.3 is 10.4 Å². The van der Waals surface area contributed by atoms with Gasteiger partial charge in [0.15, 0.2) is 5.82 Å². The summed E-state index contributed by atoms with van der Waals surface area (Å²) in [5.74, 6) is -2.52. The van der Waals surface area contributed by atoms with Crippen LogP contribution in [0.4, 0.5) is 14.5 Å². The lowest BCUT2D eigenvalue weighted by Crippen LogP contribution is -2.13. The summed E-state index contributed by atoms with van der Waals surface area (Å²) in [5.41, 5.74) is 0.429. The van der Waals surface area contributed by atoms with E-state index in [4.69, 9.17) is 11.6 Å². The molecule has 0 spiro atoms. The van der Waals surface area contributed by atoms with Crippen LogP contribution >= 0.6 is 11.6 Å². The average molecular weight is 298 g/mol. The summed E-state index contributed by atoms with van der Waals surface area (Å²) in [6.45, 7) is 1.67. The highest BCUT2D eigenvalue weighted by Crippen LogP contribution is 2.27. The van der Waals surface area contributed by atoms with Gasteiger partial charge in [0.2, 0.25) is 0 Å². The monoisotopic (exact) mass is 297 g/mol. The number of phenols is 1. The molecule has 0 radical (unpaired) electrons. The Morgan fingerprint density at radius 2 is 1.95 bits per heavy atom. The number of carbonyl (C=O) groups is 1. The number of hydrogen-bond donors (Lipinski definition) is 2. The van der Waals surface area contributed by atoms with E-state index in [9.17, 15) is 18.7 Å². The van der Waals surface area contributed by atoms with Crippen LogP contribution < -0.4 is 5.32 Å². The Bertz CT molecular complexity index is 666. The molecule has 2 rings (SSSR count). The minimum atomic E-state index is -0.973. The maximum absolute atomic E-state index is 13.5. The molecule has 0 unspecified atom stereocenters. The van der Waals surface area contributed by atoms with Crippen molar-refractivity contribution < 1.29 is 18.7 Å². The normalized spacial score (nSPS) is 10.4. The first-order chi connectivity index (χ1) is 9.38. The average Bonchev–Trinajstić information content (AvgIpc) is 2.36. The summed E-state index contributed by atoms with van der Waals surface area (Å²) in [5, 5.41) is 11.5. The molecule has 104 valence electrons. The fourth-order valence-corrected chi connectivity index (χ4v) is 1.84. The Hall–Kier alpha value is -2.14. The Labute approximate surface area is 118 Å². The molecule has 6 heteroatoms. The molecule has 2 aromatic rings. The third-order valence-electron chi connectivity index (χ3n) is 2.72. The van der Waals surface area contributed by atoms with Gasteiger partial charge in [-0.1, -0.05) is 17.7 Å². The van der Waals surface area contributed by atoms with Crippen LogP contribution in [-0.4, -0.2) is 11.0 Å². The number of aryl methyl sites for hydroxylation is 1. The topological polar surface area (TPSA) is 49.3 Å². The van der Waals surface area contributed by atoms with E-state index in [0.717, 1.165) is 6.07 Å². The fourth-order valence-electron chi connectivity index (χ4n) is 1.60. The van der Waals surface area contributed by atoms with E-state index in [0.29, 0.717) is 11.6 Å². The van der Waals surface area contributed by atoms with Crippen LogP contribution in [0.15, 0.2) is 30.3 Å². The van der Waals surface area contributed by atoms with E-state index in [1.54, 1.807) is 13.0 Å². The van der Waals surface area contributed by atoms with Crippen LogP contribution in [0.1, 0.15) is 15.9 Å². The second-order valence-electron chi connectivity index (χ2n) is 4.20. The second kappa shape index (κ2) is 5.46. The number of nitrogens with one attached hydrogen (secondary N) is 1. The number of hydrogen-bond acceptors (Lipinski definition) is 2. The molecule has 0 bridgehead atoms. The zero-order valence-corrected chi connectivity index (χ0v) is 11.1. The van der Waals surface area contributed by atoms with Gasteiger partial charge in [-0.2, -0.15) is 0 Å². The van der Waals surface area contributed by atoms with Crippen molar-refractivity contribution in [1.29, 1.82) is 0 Å². The number of halogens is 3. The Morgan fingerprint density at radius 1 is 1.25 bits per heavy atom. The predicted octanol–water partition coefficient (Wildman–Crippen LogP) is 3.88. The van der Waals surface area contributed by atoms with Gasteiger partial charge in [0.1, 0.15) is 11.6 Å². The molecule has 3 nitrogen and oxygen atoms in total. The molecule has 0 aliphatic heterocycles. The lowest BCUT2D eigenvalue weighted by molar-refractivity contribution is 0.102. The minimum Gasteiger partial charge on any atom is -0.508 e. The zero-order valence-electron chi connectivity index (χ0n) is 10.4. The number of amides is 1. The van der Waals surface area contributed by atoms with Crippen LogP contribution in [0.3, 0.4) is 0 Å². The van der Waals surface area contributed by atoms with Gasteiger partial charge in [0.25, 0.3) is 5.91 Å². The smallest absolute Gasteiger partial charge is 0.255 e. The Balaban J connectivity index is 2.30. The van der Waals surface area contributed by atoms with E-state index < -0.39 is 17.5 Å². The molecular weight excluding hydrogens is 288 g/mol. The van der Waals surface area contributed by atoms with Crippen molar-refractivity contribution in [2.75, 3.05) is 5.32 Å². The molecule has 0 aliphatic carbocycles. The lowest BCUT2D eigenvalue weighted by atomic mass is 10.1. The highest BCUT2D eigenvalue weighted by Gasteiger charge is 2.15. The van der Waals surface area contributed by atoms with E-state index >= 15 is 0 Å². The first-order valence-corrected chi connectivity index (χ1v) is 6.02. The van der Waals surface area contributed by atoms with Gasteiger partial charge >= 0.3 is 0 Å². The summed E-state index contributed by atoms with van der Waals surface area (Å²) < 4.78 is 26.4. The maximum Gasteiger partial charge on any atom is 0.255 e. The SMILES string of the molecule is Cc1ccc(C(=O)Nc2c(F)cc(F)cc2Cl)cc1O. The van der Waals surface area contributed by atoms with Gasteiger partial charge in [-0.25, -0.2) is 8.78 Å². The highest BCUT2D eigenvalue weighted by atomic mass is 35.5. The maximum atomic E-state index is 13.5. The van der Waals surface area contributed by atoms with Crippen LogP contribution in [0.2, 0.25) is 5.02 Å². The summed E-state index contributed by atoms with van der Waals surface area (Å²) in [6.07, 6.45) is 0. The predicted molar refractivity (Wildman–Crippen MR) is 72.2 cm³/mol. The molecule has 2 N–H and O–H groups in total. The highest BCUT2D eigenvalue weighted by molar-refractivity contribution is 6.34. The number of anilines is 1. The quantitative estimate of drug-likeness (QED) is 0.883. The Kier molecular flexibility index (Phi) is 3.90. The Morgan fingerprint density at radius 3 is 2.55 bits per heavy atom. The van der Waals surface area contributed by atoms with Gasteiger partial charge in [-0.05, 0) is 30.7 Å². The molecule has 0 saturated carbocycles. The standard InChI is InChI=1S/C14H10ClF2NO2/c1-7-2-3-8(4-12(7)19)14(20)18-13-10(15)5-9(16)6-11(13)17/h2-6,19H,1H3,(H,18,20). The fraction of sp³-hybridized carbons (Fsp3) is 0.0714. The third kappa shape index (κ3) is 2.88. The molecule has 2 aromatic carbocycles. The summed E-state index contributed by atoms with van der Waals surface area (Å²) in [4.78, 5) is 11.9. The molecule has 1 amide bonds. The summed E-state index contributed by atoms with van der Waals surface area (Å²) in [6, 6.07) is 5.79. The van der Waals surface area contributed by atoms with Gasteiger partial charge in [-0.15, -0.1) is 0 Å². The lowest BCUT2D eigenvalue weighted by Gasteiger charge is -2.09. The van der Waals surface area contributed by atoms with Crippen LogP contribution in [-0.2, 0) is 0 Å². The minimum absolute atomic E-state index is 0.0525. The molecular formula is C14H10ClF2NO2.